The van der Waals surface area contributed by atoms with E-state index in [-0.39, 0.29) is 27.8 Å². The number of amides is 1. The van der Waals surface area contributed by atoms with Crippen LogP contribution in [0.2, 0.25) is 0 Å². The van der Waals surface area contributed by atoms with Crippen LogP contribution < -0.4 is 10.0 Å². The number of sulfonamides is 1. The standard InChI is InChI=1S/C20H22N2O5S/c1-11-17-15(23)9-20(2,3)10-16(17)27-18(11)19(24)22-7-6-12-4-5-13(8-14(12)22)28(21,25)26/h4-5,8H,6-7,9-10H2,1-3H3,(H2,21,25,26). The molecule has 1 aliphatic heterocycles. The molecule has 2 N–H and O–H groups in total. The number of primary sulfonamides is 1. The van der Waals surface area contributed by atoms with Crippen molar-refractivity contribution in [2.75, 3.05) is 11.4 Å². The maximum Gasteiger partial charge on any atom is 0.294 e. The molecule has 148 valence electrons. The van der Waals surface area contributed by atoms with E-state index in [0.29, 0.717) is 48.4 Å². The maximum atomic E-state index is 13.2. The van der Waals surface area contributed by atoms with Crippen molar-refractivity contribution in [3.8, 4) is 0 Å². The number of ketones is 1. The third-order valence-corrected chi connectivity index (χ3v) is 6.41. The number of carbonyl (C=O) groups excluding carboxylic acids is 2. The molecule has 0 spiro atoms. The van der Waals surface area contributed by atoms with Crippen molar-refractivity contribution in [2.24, 2.45) is 10.6 Å². The summed E-state index contributed by atoms with van der Waals surface area (Å²) in [5.41, 5.74) is 2.24. The second-order valence-electron chi connectivity index (χ2n) is 8.34. The lowest BCUT2D eigenvalue weighted by atomic mass is 9.76. The summed E-state index contributed by atoms with van der Waals surface area (Å²) in [5.74, 6) is 0.317. The van der Waals surface area contributed by atoms with Crippen molar-refractivity contribution in [3.63, 3.8) is 0 Å². The summed E-state index contributed by atoms with van der Waals surface area (Å²) >= 11 is 0. The molecule has 28 heavy (non-hydrogen) atoms. The number of fused-ring (bicyclic) bond motifs is 2. The molecule has 7 nitrogen and oxygen atoms in total. The Morgan fingerprint density at radius 3 is 2.64 bits per heavy atom. The Morgan fingerprint density at radius 1 is 1.25 bits per heavy atom. The monoisotopic (exact) mass is 402 g/mol. The quantitative estimate of drug-likeness (QED) is 0.830. The minimum Gasteiger partial charge on any atom is -0.455 e. The number of furan rings is 1. The Labute approximate surface area is 163 Å². The molecule has 0 saturated heterocycles. The third-order valence-electron chi connectivity index (χ3n) is 5.50. The molecule has 1 aromatic heterocycles. The van der Waals surface area contributed by atoms with Gasteiger partial charge in [0.2, 0.25) is 10.0 Å². The van der Waals surface area contributed by atoms with Gasteiger partial charge in [-0.2, -0.15) is 0 Å². The lowest BCUT2D eigenvalue weighted by molar-refractivity contribution is 0.0896. The van der Waals surface area contributed by atoms with Gasteiger partial charge in [0.25, 0.3) is 5.91 Å². The number of carbonyl (C=O) groups is 2. The average Bonchev–Trinajstić information content (AvgIpc) is 3.13. The van der Waals surface area contributed by atoms with Gasteiger partial charge in [-0.25, -0.2) is 13.6 Å². The van der Waals surface area contributed by atoms with Gasteiger partial charge in [0.1, 0.15) is 5.76 Å². The summed E-state index contributed by atoms with van der Waals surface area (Å²) in [6, 6.07) is 4.54. The molecule has 2 heterocycles. The fourth-order valence-electron chi connectivity index (χ4n) is 4.16. The normalized spacial score (nSPS) is 18.1. The van der Waals surface area contributed by atoms with Crippen LogP contribution in [-0.2, 0) is 22.9 Å². The highest BCUT2D eigenvalue weighted by Crippen LogP contribution is 2.39. The van der Waals surface area contributed by atoms with E-state index < -0.39 is 10.0 Å². The van der Waals surface area contributed by atoms with E-state index in [1.165, 1.54) is 17.0 Å². The number of benzene rings is 1. The number of rotatable bonds is 2. The Bertz CT molecular complexity index is 1130. The summed E-state index contributed by atoms with van der Waals surface area (Å²) in [7, 11) is -3.87. The van der Waals surface area contributed by atoms with Crippen molar-refractivity contribution >= 4 is 27.4 Å². The van der Waals surface area contributed by atoms with Gasteiger partial charge in [0.05, 0.1) is 10.5 Å². The van der Waals surface area contributed by atoms with Gasteiger partial charge in [-0.15, -0.1) is 0 Å². The summed E-state index contributed by atoms with van der Waals surface area (Å²) in [6.45, 7) is 6.13. The zero-order valence-electron chi connectivity index (χ0n) is 16.0. The molecule has 4 rings (SSSR count). The van der Waals surface area contributed by atoms with Gasteiger partial charge in [-0.1, -0.05) is 19.9 Å². The molecule has 1 aromatic carbocycles. The third kappa shape index (κ3) is 2.97. The van der Waals surface area contributed by atoms with Crippen LogP contribution in [0.25, 0.3) is 0 Å². The van der Waals surface area contributed by atoms with Crippen LogP contribution in [0.5, 0.6) is 0 Å². The van der Waals surface area contributed by atoms with Crippen LogP contribution in [0.15, 0.2) is 27.5 Å². The first-order chi connectivity index (χ1) is 13.0. The lowest BCUT2D eigenvalue weighted by Gasteiger charge is -2.27. The smallest absolute Gasteiger partial charge is 0.294 e. The zero-order valence-corrected chi connectivity index (χ0v) is 16.9. The van der Waals surface area contributed by atoms with Crippen molar-refractivity contribution in [2.45, 2.75) is 44.9 Å². The first-order valence-corrected chi connectivity index (χ1v) is 10.7. The van der Waals surface area contributed by atoms with E-state index in [0.717, 1.165) is 5.56 Å². The van der Waals surface area contributed by atoms with E-state index in [9.17, 15) is 18.0 Å². The van der Waals surface area contributed by atoms with Crippen LogP contribution in [-0.4, -0.2) is 26.7 Å². The van der Waals surface area contributed by atoms with Crippen LogP contribution in [0.4, 0.5) is 5.69 Å². The van der Waals surface area contributed by atoms with E-state index in [1.807, 2.05) is 13.8 Å². The number of nitrogens with two attached hydrogens (primary N) is 1. The Hall–Kier alpha value is -2.45. The highest BCUT2D eigenvalue weighted by atomic mass is 32.2. The topological polar surface area (TPSA) is 111 Å². The molecule has 0 bridgehead atoms. The van der Waals surface area contributed by atoms with E-state index in [2.05, 4.69) is 0 Å². The molecule has 1 amide bonds. The molecule has 0 saturated carbocycles. The molecular formula is C20H22N2O5S. The van der Waals surface area contributed by atoms with Gasteiger partial charge < -0.3 is 9.32 Å². The number of Topliss-reactive ketones (excluding diaryl/α,β-unsaturated/α-hetero) is 1. The van der Waals surface area contributed by atoms with Crippen LogP contribution in [0, 0.1) is 12.3 Å². The Balaban J connectivity index is 1.75. The zero-order chi connectivity index (χ0) is 20.4. The summed E-state index contributed by atoms with van der Waals surface area (Å²) in [4.78, 5) is 27.2. The maximum absolute atomic E-state index is 13.2. The largest absolute Gasteiger partial charge is 0.455 e. The molecule has 2 aromatic rings. The second-order valence-corrected chi connectivity index (χ2v) is 9.90. The Kier molecular flexibility index (Phi) is 4.06. The predicted octanol–water partition coefficient (Wildman–Crippen LogP) is 2.59. The summed E-state index contributed by atoms with van der Waals surface area (Å²) in [5, 5.41) is 5.23. The molecular weight excluding hydrogens is 380 g/mol. The van der Waals surface area contributed by atoms with Crippen molar-refractivity contribution in [1.29, 1.82) is 0 Å². The van der Waals surface area contributed by atoms with E-state index in [1.54, 1.807) is 13.0 Å². The van der Waals surface area contributed by atoms with Crippen LogP contribution in [0.1, 0.15) is 58.1 Å². The molecule has 0 unspecified atom stereocenters. The second kappa shape index (κ2) is 6.02. The highest BCUT2D eigenvalue weighted by molar-refractivity contribution is 7.89. The first kappa shape index (κ1) is 18.9. The van der Waals surface area contributed by atoms with Gasteiger partial charge in [-0.3, -0.25) is 9.59 Å². The molecule has 8 heteroatoms. The van der Waals surface area contributed by atoms with E-state index in [4.69, 9.17) is 9.56 Å². The number of hydrogen-bond acceptors (Lipinski definition) is 5. The highest BCUT2D eigenvalue weighted by Gasteiger charge is 2.38. The molecule has 0 radical (unpaired) electrons. The first-order valence-electron chi connectivity index (χ1n) is 9.11. The minimum absolute atomic E-state index is 0.00937. The minimum atomic E-state index is -3.87. The van der Waals surface area contributed by atoms with Gasteiger partial charge >= 0.3 is 0 Å². The van der Waals surface area contributed by atoms with Crippen molar-refractivity contribution in [3.05, 3.63) is 46.4 Å². The number of nitrogens with zero attached hydrogens (tertiary/aromatic N) is 1. The lowest BCUT2D eigenvalue weighted by Crippen LogP contribution is -2.29. The summed E-state index contributed by atoms with van der Waals surface area (Å²) in [6.07, 6.45) is 1.62. The Morgan fingerprint density at radius 2 is 1.96 bits per heavy atom. The van der Waals surface area contributed by atoms with Crippen LogP contribution >= 0.6 is 0 Å². The van der Waals surface area contributed by atoms with Gasteiger partial charge in [0.15, 0.2) is 11.5 Å². The fraction of sp³-hybridized carbons (Fsp3) is 0.400. The number of hydrogen-bond donors (Lipinski definition) is 1. The predicted molar refractivity (Wildman–Crippen MR) is 103 cm³/mol. The SMILES string of the molecule is Cc1c(C(=O)N2CCc3ccc(S(N)(=O)=O)cc32)oc2c1C(=O)CC(C)(C)C2. The van der Waals surface area contributed by atoms with Crippen LogP contribution in [0.3, 0.4) is 0 Å². The van der Waals surface area contributed by atoms with Crippen molar-refractivity contribution in [1.82, 2.24) is 0 Å². The molecule has 1 aliphatic carbocycles. The molecule has 0 atom stereocenters. The van der Waals surface area contributed by atoms with Gasteiger partial charge in [0, 0.05) is 30.6 Å². The molecule has 2 aliphatic rings. The average molecular weight is 402 g/mol. The fourth-order valence-corrected chi connectivity index (χ4v) is 4.69. The van der Waals surface area contributed by atoms with Gasteiger partial charge in [-0.05, 0) is 36.5 Å². The van der Waals surface area contributed by atoms with Crippen molar-refractivity contribution < 1.29 is 22.4 Å². The number of anilines is 1. The summed E-state index contributed by atoms with van der Waals surface area (Å²) < 4.78 is 29.2. The molecule has 0 fully saturated rings. The van der Waals surface area contributed by atoms with E-state index >= 15 is 0 Å².